The van der Waals surface area contributed by atoms with Crippen molar-refractivity contribution < 1.29 is 4.79 Å². The highest BCUT2D eigenvalue weighted by atomic mass is 16.2. The molecule has 144 valence electrons. The first-order valence-corrected chi connectivity index (χ1v) is 9.69. The number of nitrogens with one attached hydrogen (secondary N) is 1. The lowest BCUT2D eigenvalue weighted by molar-refractivity contribution is -0.125. The first-order valence-electron chi connectivity index (χ1n) is 9.69. The number of rotatable bonds is 5. The van der Waals surface area contributed by atoms with E-state index in [1.165, 1.54) is 0 Å². The summed E-state index contributed by atoms with van der Waals surface area (Å²) in [5, 5.41) is 6.72. The lowest BCUT2D eigenvalue weighted by Gasteiger charge is -2.43. The van der Waals surface area contributed by atoms with Gasteiger partial charge in [-0.05, 0) is 48.6 Å². The van der Waals surface area contributed by atoms with Crippen LogP contribution in [0.5, 0.6) is 0 Å². The highest BCUT2D eigenvalue weighted by molar-refractivity contribution is 5.93. The first kappa shape index (κ1) is 18.3. The molecular weight excluding hydrogens is 352 g/mol. The summed E-state index contributed by atoms with van der Waals surface area (Å²) in [6.45, 7) is 3.30. The molecule has 2 heterocycles. The van der Waals surface area contributed by atoms with Crippen LogP contribution >= 0.6 is 0 Å². The molecular formula is C21H24N6O. The fourth-order valence-electron chi connectivity index (χ4n) is 4.29. The van der Waals surface area contributed by atoms with Crippen molar-refractivity contribution in [2.24, 2.45) is 5.11 Å². The Balaban J connectivity index is 1.39. The van der Waals surface area contributed by atoms with E-state index in [1.807, 2.05) is 36.4 Å². The summed E-state index contributed by atoms with van der Waals surface area (Å²) >= 11 is 0. The van der Waals surface area contributed by atoms with Crippen LogP contribution in [0, 0.1) is 0 Å². The molecule has 2 saturated heterocycles. The van der Waals surface area contributed by atoms with E-state index in [2.05, 4.69) is 43.3 Å². The number of azide groups is 1. The van der Waals surface area contributed by atoms with Crippen molar-refractivity contribution in [2.75, 3.05) is 31.2 Å². The molecule has 7 nitrogen and oxygen atoms in total. The Morgan fingerprint density at radius 1 is 1.11 bits per heavy atom. The summed E-state index contributed by atoms with van der Waals surface area (Å²) < 4.78 is 0. The summed E-state index contributed by atoms with van der Waals surface area (Å²) in [7, 11) is 0. The van der Waals surface area contributed by atoms with Crippen LogP contribution in [0.2, 0.25) is 0 Å². The third-order valence-corrected chi connectivity index (χ3v) is 5.88. The molecule has 0 atom stereocenters. The van der Waals surface area contributed by atoms with Crippen LogP contribution in [-0.2, 0) is 11.2 Å². The van der Waals surface area contributed by atoms with E-state index >= 15 is 0 Å². The van der Waals surface area contributed by atoms with Gasteiger partial charge < -0.3 is 15.1 Å². The molecule has 1 amide bonds. The van der Waals surface area contributed by atoms with Crippen molar-refractivity contribution in [3.63, 3.8) is 0 Å². The Bertz CT molecular complexity index is 885. The monoisotopic (exact) mass is 376 g/mol. The Labute approximate surface area is 164 Å². The number of amides is 1. The van der Waals surface area contributed by atoms with Crippen LogP contribution in [0.3, 0.4) is 0 Å². The van der Waals surface area contributed by atoms with Crippen molar-refractivity contribution >= 4 is 17.3 Å². The van der Waals surface area contributed by atoms with E-state index in [0.717, 1.165) is 50.1 Å². The number of hydrogen-bond acceptors (Lipinski definition) is 4. The lowest BCUT2D eigenvalue weighted by Crippen LogP contribution is -2.56. The van der Waals surface area contributed by atoms with E-state index in [-0.39, 0.29) is 5.91 Å². The Morgan fingerprint density at radius 3 is 2.64 bits per heavy atom. The van der Waals surface area contributed by atoms with Crippen molar-refractivity contribution in [2.45, 2.75) is 24.8 Å². The molecule has 2 fully saturated rings. The van der Waals surface area contributed by atoms with Crippen LogP contribution in [0.25, 0.3) is 10.4 Å². The Hall–Kier alpha value is -3.02. The minimum absolute atomic E-state index is 0.151. The van der Waals surface area contributed by atoms with E-state index in [4.69, 9.17) is 5.53 Å². The second-order valence-electron chi connectivity index (χ2n) is 7.41. The number of likely N-dealkylation sites (tertiary alicyclic amines) is 1. The second-order valence-corrected chi connectivity index (χ2v) is 7.41. The van der Waals surface area contributed by atoms with E-state index in [1.54, 1.807) is 0 Å². The third-order valence-electron chi connectivity index (χ3n) is 5.88. The Kier molecular flexibility index (Phi) is 5.19. The van der Waals surface area contributed by atoms with Crippen LogP contribution in [0.15, 0.2) is 59.7 Å². The number of para-hydroxylation sites is 1. The van der Waals surface area contributed by atoms with Gasteiger partial charge in [0, 0.05) is 35.9 Å². The number of nitrogens with zero attached hydrogens (tertiary/aromatic N) is 5. The molecule has 0 aliphatic carbocycles. The minimum Gasteiger partial charge on any atom is -0.339 e. The zero-order valence-electron chi connectivity index (χ0n) is 15.8. The maximum atomic E-state index is 12.7. The molecule has 0 bridgehead atoms. The minimum atomic E-state index is -0.431. The van der Waals surface area contributed by atoms with Crippen molar-refractivity contribution in [3.05, 3.63) is 70.6 Å². The summed E-state index contributed by atoms with van der Waals surface area (Å²) in [6, 6.07) is 17.9. The van der Waals surface area contributed by atoms with Crippen molar-refractivity contribution in [1.29, 1.82) is 0 Å². The molecule has 1 N–H and O–H groups in total. The maximum Gasteiger partial charge on any atom is 0.247 e. The van der Waals surface area contributed by atoms with Gasteiger partial charge >= 0.3 is 0 Å². The van der Waals surface area contributed by atoms with Gasteiger partial charge in [0.25, 0.3) is 0 Å². The smallest absolute Gasteiger partial charge is 0.247 e. The van der Waals surface area contributed by atoms with Gasteiger partial charge in [-0.2, -0.15) is 0 Å². The van der Waals surface area contributed by atoms with Crippen LogP contribution in [0.4, 0.5) is 11.4 Å². The number of piperidine rings is 1. The largest absolute Gasteiger partial charge is 0.339 e. The molecule has 2 aliphatic rings. The van der Waals surface area contributed by atoms with Gasteiger partial charge in [0.15, 0.2) is 0 Å². The zero-order valence-corrected chi connectivity index (χ0v) is 15.8. The van der Waals surface area contributed by atoms with E-state index in [9.17, 15) is 4.79 Å². The number of hydrogen-bond donors (Lipinski definition) is 1. The van der Waals surface area contributed by atoms with Crippen LogP contribution in [0.1, 0.15) is 18.4 Å². The molecule has 2 aromatic carbocycles. The van der Waals surface area contributed by atoms with Gasteiger partial charge in [0.05, 0.1) is 6.67 Å². The van der Waals surface area contributed by atoms with Gasteiger partial charge in [-0.1, -0.05) is 41.5 Å². The summed E-state index contributed by atoms with van der Waals surface area (Å²) in [6.07, 6.45) is 2.55. The highest BCUT2D eigenvalue weighted by Gasteiger charge is 2.50. The topological polar surface area (TPSA) is 84.3 Å². The molecule has 28 heavy (non-hydrogen) atoms. The molecule has 0 aromatic heterocycles. The molecule has 0 unspecified atom stereocenters. The summed E-state index contributed by atoms with van der Waals surface area (Å²) in [5.41, 5.74) is 11.1. The highest BCUT2D eigenvalue weighted by Crippen LogP contribution is 2.36. The number of carbonyl (C=O) groups excluding carboxylic acids is 1. The molecule has 7 heteroatoms. The molecule has 2 aromatic rings. The fourth-order valence-corrected chi connectivity index (χ4v) is 4.29. The van der Waals surface area contributed by atoms with Crippen LogP contribution in [-0.4, -0.2) is 42.6 Å². The predicted octanol–water partition coefficient (Wildman–Crippen LogP) is 3.60. The average molecular weight is 376 g/mol. The average Bonchev–Trinajstić information content (AvgIpc) is 3.05. The number of carbonyl (C=O) groups is 1. The van der Waals surface area contributed by atoms with Gasteiger partial charge in [0.1, 0.15) is 5.54 Å². The zero-order chi connectivity index (χ0) is 19.4. The van der Waals surface area contributed by atoms with Crippen molar-refractivity contribution in [1.82, 2.24) is 10.2 Å². The normalized spacial score (nSPS) is 18.7. The van der Waals surface area contributed by atoms with Crippen molar-refractivity contribution in [3.8, 4) is 0 Å². The number of benzene rings is 2. The lowest BCUT2D eigenvalue weighted by atomic mass is 9.85. The van der Waals surface area contributed by atoms with Gasteiger partial charge in [-0.25, -0.2) is 0 Å². The van der Waals surface area contributed by atoms with E-state index < -0.39 is 5.54 Å². The summed E-state index contributed by atoms with van der Waals surface area (Å²) in [4.78, 5) is 20.2. The third kappa shape index (κ3) is 3.54. The standard InChI is InChI=1S/C21H24N6O/c22-25-24-18-6-4-5-17(15-18)9-12-26-13-10-21(11-14-26)20(28)23-16-27(21)19-7-2-1-3-8-19/h1-8,15H,9-14,16H2,(H,23,28). The molecule has 4 rings (SSSR count). The molecule has 0 saturated carbocycles. The Morgan fingerprint density at radius 2 is 1.89 bits per heavy atom. The van der Waals surface area contributed by atoms with E-state index in [0.29, 0.717) is 12.4 Å². The van der Waals surface area contributed by atoms with Crippen LogP contribution < -0.4 is 10.2 Å². The number of anilines is 1. The predicted molar refractivity (Wildman–Crippen MR) is 109 cm³/mol. The molecule has 2 aliphatic heterocycles. The molecule has 0 radical (unpaired) electrons. The fraction of sp³-hybridized carbons (Fsp3) is 0.381. The van der Waals surface area contributed by atoms with Gasteiger partial charge in [0.2, 0.25) is 5.91 Å². The molecule has 1 spiro atoms. The summed E-state index contributed by atoms with van der Waals surface area (Å²) in [5.74, 6) is 0.151. The quantitative estimate of drug-likeness (QED) is 0.491. The van der Waals surface area contributed by atoms with Gasteiger partial charge in [-0.3, -0.25) is 4.79 Å². The second kappa shape index (κ2) is 7.92. The maximum absolute atomic E-state index is 12.7. The first-order chi connectivity index (χ1) is 13.7. The SMILES string of the molecule is [N-]=[N+]=Nc1cccc(CCN2CCC3(CC2)C(=O)NCN3c2ccccc2)c1. The van der Waals surface area contributed by atoms with Gasteiger partial charge in [-0.15, -0.1) is 0 Å².